The zero-order valence-electron chi connectivity index (χ0n) is 6.58. The Bertz CT molecular complexity index is 107. The normalized spacial score (nSPS) is 18.0. The van der Waals surface area contributed by atoms with E-state index < -0.39 is 0 Å². The van der Waals surface area contributed by atoms with Crippen LogP contribution < -0.4 is 0 Å². The highest BCUT2D eigenvalue weighted by Gasteiger charge is 2.23. The van der Waals surface area contributed by atoms with Gasteiger partial charge in [-0.25, -0.2) is 0 Å². The summed E-state index contributed by atoms with van der Waals surface area (Å²) in [5, 5.41) is 0. The first kappa shape index (κ1) is 13.9. The van der Waals surface area contributed by atoms with Crippen molar-refractivity contribution >= 4 is 90.4 Å². The maximum absolute atomic E-state index is 2.58. The zero-order chi connectivity index (χ0) is 9.07. The maximum atomic E-state index is 2.58. The van der Waals surface area contributed by atoms with Crippen LogP contribution in [0.5, 0.6) is 0 Å². The number of halogens is 4. The van der Waals surface area contributed by atoms with Gasteiger partial charge in [0.25, 0.3) is 0 Å². The van der Waals surface area contributed by atoms with Crippen molar-refractivity contribution in [2.45, 2.75) is 36.0 Å². The van der Waals surface area contributed by atoms with Gasteiger partial charge in [-0.1, -0.05) is 97.3 Å². The molecule has 0 nitrogen and oxygen atoms in total. The number of hydrogen-bond acceptors (Lipinski definition) is 0. The van der Waals surface area contributed by atoms with Crippen LogP contribution in [0.25, 0.3) is 0 Å². The highest BCUT2D eigenvalue weighted by molar-refractivity contribution is 14.2. The second kappa shape index (κ2) is 6.41. The molecule has 2 atom stereocenters. The van der Waals surface area contributed by atoms with Gasteiger partial charge in [0.15, 0.2) is 0 Å². The van der Waals surface area contributed by atoms with Gasteiger partial charge in [0.05, 0.1) is 1.43 Å². The first-order chi connectivity index (χ1) is 4.87. The summed E-state index contributed by atoms with van der Waals surface area (Å²) in [6.07, 6.45) is 2.59. The molecule has 0 aliphatic rings. The summed E-state index contributed by atoms with van der Waals surface area (Å²) in [6, 6.07) is 0. The molecule has 68 valence electrons. The Morgan fingerprint density at radius 2 is 1.64 bits per heavy atom. The monoisotopic (exact) mass is 604 g/mol. The molecule has 0 fully saturated rings. The number of hydrogen-bond donors (Lipinski definition) is 0. The van der Waals surface area contributed by atoms with Crippen LogP contribution in [-0.4, -0.2) is 9.28 Å². The Hall–Kier alpha value is 2.92. The van der Waals surface area contributed by atoms with E-state index in [2.05, 4.69) is 104 Å². The average molecular weight is 604 g/mol. The summed E-state index contributed by atoms with van der Waals surface area (Å²) < 4.78 is 2.08. The van der Waals surface area contributed by atoms with E-state index in [0.717, 1.165) is 7.85 Å². The highest BCUT2D eigenvalue weighted by atomic mass is 127. The quantitative estimate of drug-likeness (QED) is 0.314. The smallest absolute Gasteiger partial charge is 0.0717 e. The molecule has 11 heavy (non-hydrogen) atoms. The van der Waals surface area contributed by atoms with E-state index in [1.807, 2.05) is 0 Å². The Kier molecular flexibility index (Phi) is 8.11. The molecule has 2 unspecified atom stereocenters. The lowest BCUT2D eigenvalue weighted by Gasteiger charge is -2.21. The lowest BCUT2D eigenvalue weighted by molar-refractivity contribution is 0.734. The molecule has 0 amide bonds. The third kappa shape index (κ3) is 7.95. The van der Waals surface area contributed by atoms with E-state index in [-0.39, 0.29) is 0 Å². The van der Waals surface area contributed by atoms with E-state index in [1.165, 1.54) is 12.8 Å². The van der Waals surface area contributed by atoms with Crippen molar-refractivity contribution < 1.29 is 0 Å². The van der Waals surface area contributed by atoms with Crippen LogP contribution in [0.1, 0.15) is 26.7 Å². The fourth-order valence-electron chi connectivity index (χ4n) is 0.726. The third-order valence-corrected chi connectivity index (χ3v) is 6.65. The van der Waals surface area contributed by atoms with E-state index in [4.69, 9.17) is 0 Å². The summed E-state index contributed by atoms with van der Waals surface area (Å²) in [6.45, 7) is 4.55. The van der Waals surface area contributed by atoms with Crippen molar-refractivity contribution in [3.8, 4) is 0 Å². The van der Waals surface area contributed by atoms with Crippen LogP contribution in [0.15, 0.2) is 0 Å². The maximum Gasteiger partial charge on any atom is 0.0717 e. The molecule has 0 saturated heterocycles. The number of alkyl halides is 4. The summed E-state index contributed by atoms with van der Waals surface area (Å²) in [4.78, 5) is 0. The summed E-state index contributed by atoms with van der Waals surface area (Å²) in [5.41, 5.74) is 0. The molecule has 4 heteroatoms. The summed E-state index contributed by atoms with van der Waals surface area (Å²) >= 11 is 10.2. The summed E-state index contributed by atoms with van der Waals surface area (Å²) in [7, 11) is 0. The molecular weight excluding hydrogens is 592 g/mol. The molecule has 0 heterocycles. The lowest BCUT2D eigenvalue weighted by atomic mass is 10.2. The van der Waals surface area contributed by atoms with Crippen molar-refractivity contribution in [1.82, 2.24) is 0 Å². The van der Waals surface area contributed by atoms with Crippen LogP contribution in [0.3, 0.4) is 0 Å². The minimum atomic E-state index is 0.431. The van der Waals surface area contributed by atoms with Gasteiger partial charge in [-0.15, -0.1) is 0 Å². The van der Waals surface area contributed by atoms with Crippen LogP contribution in [0.4, 0.5) is 0 Å². The minimum Gasteiger partial charge on any atom is -0.0815 e. The van der Waals surface area contributed by atoms with Gasteiger partial charge in [0.2, 0.25) is 0 Å². The van der Waals surface area contributed by atoms with Crippen LogP contribution in [0, 0.1) is 0 Å². The van der Waals surface area contributed by atoms with Crippen LogP contribution >= 0.6 is 90.4 Å². The molecule has 0 spiro atoms. The average Bonchev–Trinajstić information content (AvgIpc) is 1.82. The van der Waals surface area contributed by atoms with Gasteiger partial charge >= 0.3 is 0 Å². The van der Waals surface area contributed by atoms with Crippen LogP contribution in [-0.2, 0) is 0 Å². The standard InChI is InChI=1S/C7H12I4/c1-3-5(8)6(9)4-7(2,10)11/h5-6H,3-4H2,1-2H3. The van der Waals surface area contributed by atoms with Gasteiger partial charge in [-0.2, -0.15) is 0 Å². The topological polar surface area (TPSA) is 0 Å². The molecule has 0 saturated carbocycles. The molecular formula is C7H12I4. The highest BCUT2D eigenvalue weighted by Crippen LogP contribution is 2.36. The molecule has 0 aliphatic heterocycles. The van der Waals surface area contributed by atoms with Crippen molar-refractivity contribution in [3.05, 3.63) is 0 Å². The predicted octanol–water partition coefficient (Wildman–Crippen LogP) is 4.98. The van der Waals surface area contributed by atoms with Crippen molar-refractivity contribution in [1.29, 1.82) is 0 Å². The van der Waals surface area contributed by atoms with Gasteiger partial charge in [0, 0.05) is 7.85 Å². The number of rotatable bonds is 4. The zero-order valence-corrected chi connectivity index (χ0v) is 15.2. The SMILES string of the molecule is CCC(I)C(I)CC(C)(I)I. The molecule has 0 aliphatic carbocycles. The molecule has 0 rings (SSSR count). The van der Waals surface area contributed by atoms with Gasteiger partial charge in [0.1, 0.15) is 0 Å². The van der Waals surface area contributed by atoms with Gasteiger partial charge in [-0.3, -0.25) is 0 Å². The Morgan fingerprint density at radius 1 is 1.18 bits per heavy atom. The van der Waals surface area contributed by atoms with E-state index in [0.29, 0.717) is 1.43 Å². The van der Waals surface area contributed by atoms with Gasteiger partial charge < -0.3 is 0 Å². The molecule has 0 N–H and O–H groups in total. The molecule has 0 aromatic heterocycles. The Labute approximate surface area is 124 Å². The van der Waals surface area contributed by atoms with E-state index in [9.17, 15) is 0 Å². The second-order valence-corrected chi connectivity index (χ2v) is 12.7. The predicted molar refractivity (Wildman–Crippen MR) is 87.0 cm³/mol. The van der Waals surface area contributed by atoms with Crippen molar-refractivity contribution in [2.75, 3.05) is 0 Å². The largest absolute Gasteiger partial charge is 0.0815 e. The second-order valence-electron chi connectivity index (χ2n) is 2.71. The van der Waals surface area contributed by atoms with Gasteiger partial charge in [-0.05, 0) is 19.8 Å². The Morgan fingerprint density at radius 3 is 1.91 bits per heavy atom. The summed E-state index contributed by atoms with van der Waals surface area (Å²) in [5.74, 6) is 0. The lowest BCUT2D eigenvalue weighted by Crippen LogP contribution is -2.20. The first-order valence-corrected chi connectivity index (χ1v) is 8.17. The Balaban J connectivity index is 3.77. The van der Waals surface area contributed by atoms with E-state index >= 15 is 0 Å². The first-order valence-electron chi connectivity index (χ1n) is 3.52. The third-order valence-electron chi connectivity index (χ3n) is 1.34. The molecule has 0 radical (unpaired) electrons. The van der Waals surface area contributed by atoms with Crippen LogP contribution in [0.2, 0.25) is 0 Å². The van der Waals surface area contributed by atoms with E-state index in [1.54, 1.807) is 0 Å². The minimum absolute atomic E-state index is 0.431. The fraction of sp³-hybridized carbons (Fsp3) is 1.00. The molecule has 0 aromatic carbocycles. The molecule has 0 bridgehead atoms. The van der Waals surface area contributed by atoms with Crippen molar-refractivity contribution in [3.63, 3.8) is 0 Å². The molecule has 0 aromatic rings. The van der Waals surface area contributed by atoms with Crippen molar-refractivity contribution in [2.24, 2.45) is 0 Å². The fourth-order valence-corrected chi connectivity index (χ4v) is 5.00.